The lowest BCUT2D eigenvalue weighted by molar-refractivity contribution is 0.137. The molecule has 1 aromatic carbocycles. The fourth-order valence-electron chi connectivity index (χ4n) is 3.93. The van der Waals surface area contributed by atoms with Crippen molar-refractivity contribution < 1.29 is 5.11 Å². The molecular formula is C21H26N4O2S. The average molecular weight is 399 g/mol. The van der Waals surface area contributed by atoms with Crippen molar-refractivity contribution in [3.8, 4) is 0 Å². The zero-order chi connectivity index (χ0) is 19.3. The Morgan fingerprint density at radius 2 is 2.07 bits per heavy atom. The molecule has 0 radical (unpaired) electrons. The van der Waals surface area contributed by atoms with Gasteiger partial charge in [-0.25, -0.2) is 4.98 Å². The Morgan fingerprint density at radius 3 is 2.93 bits per heavy atom. The van der Waals surface area contributed by atoms with Gasteiger partial charge in [-0.15, -0.1) is 0 Å². The maximum absolute atomic E-state index is 11.8. The summed E-state index contributed by atoms with van der Waals surface area (Å²) in [6.07, 6.45) is 5.19. The highest BCUT2D eigenvalue weighted by Crippen LogP contribution is 2.26. The van der Waals surface area contributed by atoms with Gasteiger partial charge in [0.05, 0.1) is 17.9 Å². The van der Waals surface area contributed by atoms with Crippen LogP contribution in [0.2, 0.25) is 0 Å². The molecule has 28 heavy (non-hydrogen) atoms. The van der Waals surface area contributed by atoms with Crippen molar-refractivity contribution in [2.24, 2.45) is 5.92 Å². The number of aliphatic hydroxyl groups is 1. The van der Waals surface area contributed by atoms with Crippen LogP contribution in [0.4, 0.5) is 0 Å². The van der Waals surface area contributed by atoms with Crippen LogP contribution in [0.25, 0.3) is 11.0 Å². The Hall–Kier alpha value is -2.09. The molecule has 0 unspecified atom stereocenters. The number of thioether (sulfide) groups is 1. The second-order valence-electron chi connectivity index (χ2n) is 7.47. The van der Waals surface area contributed by atoms with Crippen LogP contribution in [0, 0.1) is 5.92 Å². The first kappa shape index (κ1) is 19.2. The van der Waals surface area contributed by atoms with Gasteiger partial charge in [-0.05, 0) is 30.1 Å². The molecule has 1 aliphatic rings. The number of aliphatic hydroxyl groups excluding tert-OH is 1. The number of β-amino-alcohol motifs (C(OH)–C–C–N with tert-alkyl or cyclic N) is 1. The maximum atomic E-state index is 11.8. The topological polar surface area (TPSA) is 85.0 Å². The van der Waals surface area contributed by atoms with Gasteiger partial charge >= 0.3 is 0 Å². The normalized spacial score (nSPS) is 20.2. The summed E-state index contributed by atoms with van der Waals surface area (Å²) in [6, 6.07) is 10.5. The van der Waals surface area contributed by atoms with E-state index in [2.05, 4.69) is 44.1 Å². The van der Waals surface area contributed by atoms with Crippen LogP contribution < -0.4 is 5.56 Å². The summed E-state index contributed by atoms with van der Waals surface area (Å²) >= 11 is 1.96. The van der Waals surface area contributed by atoms with E-state index in [0.717, 1.165) is 42.0 Å². The van der Waals surface area contributed by atoms with Crippen molar-refractivity contribution in [2.75, 3.05) is 18.8 Å². The molecule has 1 saturated heterocycles. The summed E-state index contributed by atoms with van der Waals surface area (Å²) in [5.41, 5.74) is 3.46. The molecule has 3 aromatic rings. The van der Waals surface area contributed by atoms with Gasteiger partial charge in [0, 0.05) is 37.1 Å². The number of aromatic amines is 2. The van der Waals surface area contributed by atoms with E-state index in [9.17, 15) is 9.90 Å². The first-order valence-corrected chi connectivity index (χ1v) is 10.9. The van der Waals surface area contributed by atoms with Crippen LogP contribution in [0.15, 0.2) is 47.7 Å². The Labute approximate surface area is 168 Å². The zero-order valence-electron chi connectivity index (χ0n) is 15.8. The summed E-state index contributed by atoms with van der Waals surface area (Å²) in [5.74, 6) is 2.49. The van der Waals surface area contributed by atoms with Crippen LogP contribution in [0.3, 0.4) is 0 Å². The van der Waals surface area contributed by atoms with Crippen LogP contribution in [0.5, 0.6) is 0 Å². The Kier molecular flexibility index (Phi) is 6.14. The molecule has 4 rings (SSSR count). The van der Waals surface area contributed by atoms with E-state index >= 15 is 0 Å². The van der Waals surface area contributed by atoms with Gasteiger partial charge in [-0.1, -0.05) is 30.3 Å². The number of H-pyrrole nitrogens is 2. The monoisotopic (exact) mass is 398 g/mol. The third-order valence-electron chi connectivity index (χ3n) is 5.40. The molecule has 3 N–H and O–H groups in total. The minimum absolute atomic E-state index is 0.149. The molecule has 3 heterocycles. The van der Waals surface area contributed by atoms with Gasteiger partial charge in [-0.3, -0.25) is 9.69 Å². The quantitative estimate of drug-likeness (QED) is 0.508. The summed E-state index contributed by atoms with van der Waals surface area (Å²) in [5, 5.41) is 10.5. The highest BCUT2D eigenvalue weighted by Gasteiger charge is 2.31. The van der Waals surface area contributed by atoms with Crippen LogP contribution >= 0.6 is 11.8 Å². The largest absolute Gasteiger partial charge is 0.391 e. The second-order valence-corrected chi connectivity index (χ2v) is 8.58. The number of benzene rings is 1. The van der Waals surface area contributed by atoms with Crippen molar-refractivity contribution in [2.45, 2.75) is 31.2 Å². The molecule has 1 aliphatic heterocycles. The number of hydrogen-bond donors (Lipinski definition) is 3. The van der Waals surface area contributed by atoms with Gasteiger partial charge in [0.25, 0.3) is 5.56 Å². The number of nitrogens with zero attached hydrogens (tertiary/aromatic N) is 2. The third-order valence-corrected chi connectivity index (χ3v) is 6.51. The molecule has 0 saturated carbocycles. The molecular weight excluding hydrogens is 372 g/mol. The number of aromatic nitrogens is 3. The molecule has 0 amide bonds. The van der Waals surface area contributed by atoms with Crippen molar-refractivity contribution in [3.63, 3.8) is 0 Å². The number of likely N-dealkylation sites (tertiary alicyclic amines) is 1. The molecule has 2 aromatic heterocycles. The summed E-state index contributed by atoms with van der Waals surface area (Å²) < 4.78 is 0. The Morgan fingerprint density at radius 1 is 1.21 bits per heavy atom. The minimum Gasteiger partial charge on any atom is -0.391 e. The average Bonchev–Trinajstić information content (AvgIpc) is 3.27. The molecule has 1 fully saturated rings. The zero-order valence-corrected chi connectivity index (χ0v) is 16.6. The second kappa shape index (κ2) is 8.94. The van der Waals surface area contributed by atoms with E-state index in [1.165, 1.54) is 11.9 Å². The standard InChI is InChI=1S/C21H26N4O2S/c26-18-12-25(11-17-9-22-20-19(17)23-14-24-21(20)27)10-16(18)7-4-8-28-13-15-5-2-1-3-6-15/h1-3,5-6,9,14,16,18,22,26H,4,7-8,10-13H2,(H,23,24,27)/t16-,18-/m0/s1. The maximum Gasteiger partial charge on any atom is 0.275 e. The molecule has 0 bridgehead atoms. The Bertz CT molecular complexity index is 956. The molecule has 2 atom stereocenters. The molecule has 0 aliphatic carbocycles. The summed E-state index contributed by atoms with van der Waals surface area (Å²) in [4.78, 5) is 24.0. The van der Waals surface area contributed by atoms with E-state index < -0.39 is 0 Å². The number of rotatable bonds is 8. The minimum atomic E-state index is -0.277. The first-order valence-electron chi connectivity index (χ1n) is 9.76. The lowest BCUT2D eigenvalue weighted by Gasteiger charge is -2.15. The van der Waals surface area contributed by atoms with Gasteiger partial charge in [0.15, 0.2) is 0 Å². The predicted molar refractivity (Wildman–Crippen MR) is 113 cm³/mol. The van der Waals surface area contributed by atoms with E-state index in [1.807, 2.05) is 24.0 Å². The third kappa shape index (κ3) is 4.48. The van der Waals surface area contributed by atoms with E-state index in [-0.39, 0.29) is 11.7 Å². The number of fused-ring (bicyclic) bond motifs is 1. The molecule has 0 spiro atoms. The van der Waals surface area contributed by atoms with Crippen LogP contribution in [-0.4, -0.2) is 49.9 Å². The van der Waals surface area contributed by atoms with Crippen LogP contribution in [0.1, 0.15) is 24.0 Å². The summed E-state index contributed by atoms with van der Waals surface area (Å²) in [7, 11) is 0. The fraction of sp³-hybridized carbons (Fsp3) is 0.429. The fourth-order valence-corrected chi connectivity index (χ4v) is 4.88. The summed E-state index contributed by atoms with van der Waals surface area (Å²) in [6.45, 7) is 2.27. The van der Waals surface area contributed by atoms with Crippen molar-refractivity contribution >= 4 is 22.8 Å². The van der Waals surface area contributed by atoms with Crippen LogP contribution in [-0.2, 0) is 12.3 Å². The van der Waals surface area contributed by atoms with Gasteiger partial charge in [0.2, 0.25) is 0 Å². The van der Waals surface area contributed by atoms with Gasteiger partial charge < -0.3 is 15.1 Å². The highest BCUT2D eigenvalue weighted by molar-refractivity contribution is 7.98. The SMILES string of the molecule is O=c1[nH]cnc2c(CN3C[C@H](CCCSCc4ccccc4)[C@@H](O)C3)c[nH]c12. The highest BCUT2D eigenvalue weighted by atomic mass is 32.2. The lowest BCUT2D eigenvalue weighted by atomic mass is 10.0. The van der Waals surface area contributed by atoms with Crippen molar-refractivity contribution in [3.05, 3.63) is 64.3 Å². The lowest BCUT2D eigenvalue weighted by Crippen LogP contribution is -2.21. The van der Waals surface area contributed by atoms with E-state index in [0.29, 0.717) is 24.5 Å². The molecule has 148 valence electrons. The number of nitrogens with one attached hydrogen (secondary N) is 2. The predicted octanol–water partition coefficient (Wildman–Crippen LogP) is 2.76. The Balaban J connectivity index is 1.24. The number of hydrogen-bond acceptors (Lipinski definition) is 5. The molecule has 7 heteroatoms. The van der Waals surface area contributed by atoms with E-state index in [1.54, 1.807) is 0 Å². The van der Waals surface area contributed by atoms with E-state index in [4.69, 9.17) is 0 Å². The van der Waals surface area contributed by atoms with Crippen molar-refractivity contribution in [1.29, 1.82) is 0 Å². The van der Waals surface area contributed by atoms with Crippen molar-refractivity contribution in [1.82, 2.24) is 19.9 Å². The smallest absolute Gasteiger partial charge is 0.275 e. The van der Waals surface area contributed by atoms with Gasteiger partial charge in [-0.2, -0.15) is 11.8 Å². The first-order chi connectivity index (χ1) is 13.7. The molecule has 6 nitrogen and oxygen atoms in total. The van der Waals surface area contributed by atoms with Gasteiger partial charge in [0.1, 0.15) is 5.52 Å².